The number of hydrogen-bond acceptors (Lipinski definition) is 3. The maximum atomic E-state index is 12.7. The van der Waals surface area contributed by atoms with Gasteiger partial charge >= 0.3 is 0 Å². The number of H-pyrrole nitrogens is 2. The lowest BCUT2D eigenvalue weighted by Crippen LogP contribution is -2.20. The van der Waals surface area contributed by atoms with Crippen LogP contribution >= 0.6 is 0 Å². The first-order valence-electron chi connectivity index (χ1n) is 9.28. The lowest BCUT2D eigenvalue weighted by Gasteiger charge is -2.15. The van der Waals surface area contributed by atoms with Crippen LogP contribution in [0.25, 0.3) is 22.2 Å². The summed E-state index contributed by atoms with van der Waals surface area (Å²) in [5.74, 6) is -0.276. The number of para-hydroxylation sites is 1. The molecule has 0 radical (unpaired) electrons. The fourth-order valence-corrected chi connectivity index (χ4v) is 3.92. The number of amides is 1. The summed E-state index contributed by atoms with van der Waals surface area (Å²) in [6.45, 7) is 1.99. The van der Waals surface area contributed by atoms with Crippen LogP contribution in [0.3, 0.4) is 0 Å². The minimum Gasteiger partial charge on any atom is -0.358 e. The number of aromatic amines is 2. The molecule has 2 heterocycles. The van der Waals surface area contributed by atoms with Gasteiger partial charge in [0.1, 0.15) is 5.69 Å². The summed E-state index contributed by atoms with van der Waals surface area (Å²) in [6.07, 6.45) is 3.38. The largest absolute Gasteiger partial charge is 0.358 e. The van der Waals surface area contributed by atoms with E-state index in [9.17, 15) is 4.79 Å². The highest BCUT2D eigenvalue weighted by atomic mass is 16.2. The molecular weight excluding hydrogens is 350 g/mol. The fourth-order valence-electron chi connectivity index (χ4n) is 3.92. The van der Waals surface area contributed by atoms with Crippen molar-refractivity contribution in [3.05, 3.63) is 76.6 Å². The molecule has 0 unspecified atom stereocenters. The van der Waals surface area contributed by atoms with E-state index >= 15 is 0 Å². The second-order valence-electron chi connectivity index (χ2n) is 6.99. The van der Waals surface area contributed by atoms with Gasteiger partial charge in [-0.1, -0.05) is 42.5 Å². The normalized spacial score (nSPS) is 12.9. The number of benzene rings is 2. The summed E-state index contributed by atoms with van der Waals surface area (Å²) in [7, 11) is 0. The molecule has 1 aliphatic rings. The molecule has 3 N–H and O–H groups in total. The predicted octanol–water partition coefficient (Wildman–Crippen LogP) is 3.73. The zero-order valence-electron chi connectivity index (χ0n) is 15.4. The van der Waals surface area contributed by atoms with Gasteiger partial charge in [0.2, 0.25) is 0 Å². The molecule has 138 valence electrons. The SMILES string of the molecule is Cc1[nH]c2ccccc2c1/C=N\NC(=O)c1[nH]nc2c1CCc1ccccc1-2. The van der Waals surface area contributed by atoms with E-state index in [0.717, 1.165) is 51.8 Å². The van der Waals surface area contributed by atoms with Crippen LogP contribution in [0.5, 0.6) is 0 Å². The number of aryl methyl sites for hydroxylation is 2. The first-order chi connectivity index (χ1) is 13.7. The molecule has 2 aromatic carbocycles. The molecule has 28 heavy (non-hydrogen) atoms. The van der Waals surface area contributed by atoms with E-state index in [2.05, 4.69) is 31.8 Å². The summed E-state index contributed by atoms with van der Waals surface area (Å²) in [4.78, 5) is 16.0. The highest BCUT2D eigenvalue weighted by Crippen LogP contribution is 2.33. The topological polar surface area (TPSA) is 85.9 Å². The van der Waals surface area contributed by atoms with Crippen LogP contribution in [-0.4, -0.2) is 27.3 Å². The lowest BCUT2D eigenvalue weighted by molar-refractivity contribution is 0.0949. The number of hydrogen-bond donors (Lipinski definition) is 3. The molecule has 0 saturated heterocycles. The Balaban J connectivity index is 1.39. The molecule has 1 amide bonds. The number of fused-ring (bicyclic) bond motifs is 4. The molecule has 2 aromatic heterocycles. The maximum Gasteiger partial charge on any atom is 0.289 e. The average Bonchev–Trinajstić information content (AvgIpc) is 3.29. The molecule has 0 bridgehead atoms. The van der Waals surface area contributed by atoms with E-state index in [-0.39, 0.29) is 5.91 Å². The number of rotatable bonds is 3. The number of aromatic nitrogens is 3. The van der Waals surface area contributed by atoms with Crippen molar-refractivity contribution in [2.75, 3.05) is 0 Å². The van der Waals surface area contributed by atoms with Crippen LogP contribution in [-0.2, 0) is 12.8 Å². The Morgan fingerprint density at radius 2 is 1.96 bits per heavy atom. The van der Waals surface area contributed by atoms with Crippen molar-refractivity contribution in [1.29, 1.82) is 0 Å². The van der Waals surface area contributed by atoms with Crippen molar-refractivity contribution < 1.29 is 4.79 Å². The number of nitrogens with one attached hydrogen (secondary N) is 3. The highest BCUT2D eigenvalue weighted by Gasteiger charge is 2.24. The second kappa shape index (κ2) is 6.49. The predicted molar refractivity (Wildman–Crippen MR) is 110 cm³/mol. The molecule has 4 aromatic rings. The summed E-state index contributed by atoms with van der Waals surface area (Å²) >= 11 is 0. The molecule has 0 aliphatic heterocycles. The molecule has 5 rings (SSSR count). The van der Waals surface area contributed by atoms with Gasteiger partial charge in [0.15, 0.2) is 0 Å². The first kappa shape index (κ1) is 16.5. The minimum atomic E-state index is -0.276. The second-order valence-corrected chi connectivity index (χ2v) is 6.99. The highest BCUT2D eigenvalue weighted by molar-refractivity contribution is 6.01. The van der Waals surface area contributed by atoms with Crippen molar-refractivity contribution in [2.45, 2.75) is 19.8 Å². The summed E-state index contributed by atoms with van der Waals surface area (Å²) < 4.78 is 0. The number of nitrogens with zero attached hydrogens (tertiary/aromatic N) is 2. The van der Waals surface area contributed by atoms with Crippen LogP contribution in [0.2, 0.25) is 0 Å². The first-order valence-corrected chi connectivity index (χ1v) is 9.28. The van der Waals surface area contributed by atoms with Gasteiger partial charge in [-0.15, -0.1) is 0 Å². The van der Waals surface area contributed by atoms with E-state index in [1.807, 2.05) is 49.4 Å². The Kier molecular flexibility index (Phi) is 3.83. The Morgan fingerprint density at radius 3 is 2.89 bits per heavy atom. The molecular formula is C22H19N5O. The molecule has 6 nitrogen and oxygen atoms in total. The van der Waals surface area contributed by atoms with E-state index < -0.39 is 0 Å². The standard InChI is InChI=1S/C22H19N5O/c1-13-18(16-8-4-5-9-19(16)24-13)12-23-27-22(28)21-17-11-10-14-6-2-3-7-15(14)20(17)25-26-21/h2-9,12,24H,10-11H2,1H3,(H,25,26)(H,27,28)/b23-12-. The van der Waals surface area contributed by atoms with Crippen LogP contribution in [0.4, 0.5) is 0 Å². The van der Waals surface area contributed by atoms with Crippen molar-refractivity contribution in [2.24, 2.45) is 5.10 Å². The smallest absolute Gasteiger partial charge is 0.289 e. The van der Waals surface area contributed by atoms with Gasteiger partial charge in [0, 0.05) is 33.3 Å². The van der Waals surface area contributed by atoms with Crippen LogP contribution in [0, 0.1) is 6.92 Å². The maximum absolute atomic E-state index is 12.7. The van der Waals surface area contributed by atoms with Gasteiger partial charge in [-0.3, -0.25) is 9.89 Å². The molecule has 0 atom stereocenters. The van der Waals surface area contributed by atoms with Gasteiger partial charge < -0.3 is 4.98 Å². The Labute approximate surface area is 161 Å². The number of hydrazone groups is 1. The van der Waals surface area contributed by atoms with E-state index in [4.69, 9.17) is 0 Å². The molecule has 1 aliphatic carbocycles. The summed E-state index contributed by atoms with van der Waals surface area (Å²) in [6, 6.07) is 16.2. The Hall–Kier alpha value is -3.67. The van der Waals surface area contributed by atoms with Crippen molar-refractivity contribution >= 4 is 23.0 Å². The minimum absolute atomic E-state index is 0.276. The van der Waals surface area contributed by atoms with E-state index in [1.165, 1.54) is 5.56 Å². The van der Waals surface area contributed by atoms with Crippen LogP contribution < -0.4 is 5.43 Å². The van der Waals surface area contributed by atoms with Crippen molar-refractivity contribution in [3.63, 3.8) is 0 Å². The summed E-state index contributed by atoms with van der Waals surface area (Å²) in [5.41, 5.74) is 10.3. The van der Waals surface area contributed by atoms with Crippen LogP contribution in [0.1, 0.15) is 32.9 Å². The monoisotopic (exact) mass is 369 g/mol. The third-order valence-electron chi connectivity index (χ3n) is 5.31. The lowest BCUT2D eigenvalue weighted by atomic mass is 9.89. The molecule has 0 fully saturated rings. The zero-order valence-corrected chi connectivity index (χ0v) is 15.4. The third kappa shape index (κ3) is 2.62. The van der Waals surface area contributed by atoms with E-state index in [0.29, 0.717) is 5.69 Å². The van der Waals surface area contributed by atoms with E-state index in [1.54, 1.807) is 6.21 Å². The Bertz CT molecular complexity index is 1230. The van der Waals surface area contributed by atoms with Gasteiger partial charge in [-0.05, 0) is 31.4 Å². The number of carbonyl (C=O) groups is 1. The summed E-state index contributed by atoms with van der Waals surface area (Å²) in [5, 5.41) is 12.5. The fraction of sp³-hybridized carbons (Fsp3) is 0.136. The van der Waals surface area contributed by atoms with Crippen LogP contribution in [0.15, 0.2) is 53.6 Å². The van der Waals surface area contributed by atoms with Crippen molar-refractivity contribution in [3.8, 4) is 11.3 Å². The molecule has 0 spiro atoms. The number of carbonyl (C=O) groups excluding carboxylic acids is 1. The van der Waals surface area contributed by atoms with Gasteiger partial charge in [0.05, 0.1) is 11.9 Å². The van der Waals surface area contributed by atoms with Gasteiger partial charge in [0.25, 0.3) is 5.91 Å². The zero-order chi connectivity index (χ0) is 19.1. The Morgan fingerprint density at radius 1 is 1.14 bits per heavy atom. The quantitative estimate of drug-likeness (QED) is 0.380. The average molecular weight is 369 g/mol. The molecule has 0 saturated carbocycles. The molecule has 6 heteroatoms. The third-order valence-corrected chi connectivity index (χ3v) is 5.31. The van der Waals surface area contributed by atoms with Gasteiger partial charge in [-0.25, -0.2) is 5.43 Å². The van der Waals surface area contributed by atoms with Crippen molar-refractivity contribution in [1.82, 2.24) is 20.6 Å². The van der Waals surface area contributed by atoms with Gasteiger partial charge in [-0.2, -0.15) is 10.2 Å².